The average molecular weight is 461 g/mol. The van der Waals surface area contributed by atoms with E-state index in [0.717, 1.165) is 13.1 Å². The standard InChI is InChI=1S/C23H29FN4O3S/c1-16(2)21(27-10-12-31-13-11-27)14-25-22(30)9-8-18-15-32-23(26-18)28(17(3)29)20-7-5-4-6-19(20)24/h4-9,15-16,21H,10-14H2,1-3H3,(H,25,30)/b9-8+. The molecule has 1 fully saturated rings. The van der Waals surface area contributed by atoms with Gasteiger partial charge < -0.3 is 10.1 Å². The summed E-state index contributed by atoms with van der Waals surface area (Å²) in [6.45, 7) is 9.37. The normalized spacial score (nSPS) is 15.8. The monoisotopic (exact) mass is 460 g/mol. The van der Waals surface area contributed by atoms with Crippen molar-refractivity contribution in [2.75, 3.05) is 37.7 Å². The lowest BCUT2D eigenvalue weighted by molar-refractivity contribution is -0.117. The van der Waals surface area contributed by atoms with Gasteiger partial charge in [0.25, 0.3) is 0 Å². The summed E-state index contributed by atoms with van der Waals surface area (Å²) in [4.78, 5) is 32.5. The van der Waals surface area contributed by atoms with E-state index in [2.05, 4.69) is 29.0 Å². The first kappa shape index (κ1) is 24.0. The summed E-state index contributed by atoms with van der Waals surface area (Å²) < 4.78 is 19.6. The fraction of sp³-hybridized carbons (Fsp3) is 0.435. The number of para-hydroxylation sites is 1. The molecule has 0 spiro atoms. The van der Waals surface area contributed by atoms with Gasteiger partial charge >= 0.3 is 0 Å². The Balaban J connectivity index is 1.62. The number of hydrogen-bond acceptors (Lipinski definition) is 6. The second-order valence-electron chi connectivity index (χ2n) is 7.90. The summed E-state index contributed by atoms with van der Waals surface area (Å²) in [6, 6.07) is 6.29. The van der Waals surface area contributed by atoms with Gasteiger partial charge in [-0.05, 0) is 24.1 Å². The van der Waals surface area contributed by atoms with E-state index in [0.29, 0.717) is 36.5 Å². The highest BCUT2D eigenvalue weighted by Crippen LogP contribution is 2.30. The van der Waals surface area contributed by atoms with E-state index in [9.17, 15) is 14.0 Å². The van der Waals surface area contributed by atoms with Crippen molar-refractivity contribution in [3.05, 3.63) is 47.2 Å². The zero-order chi connectivity index (χ0) is 23.1. The van der Waals surface area contributed by atoms with Gasteiger partial charge in [-0.25, -0.2) is 9.37 Å². The number of hydrogen-bond donors (Lipinski definition) is 1. The predicted molar refractivity (Wildman–Crippen MR) is 124 cm³/mol. The van der Waals surface area contributed by atoms with Crippen LogP contribution in [-0.4, -0.2) is 60.6 Å². The Labute approximate surface area is 191 Å². The van der Waals surface area contributed by atoms with Crippen LogP contribution in [0.1, 0.15) is 26.5 Å². The highest BCUT2D eigenvalue weighted by molar-refractivity contribution is 7.14. The van der Waals surface area contributed by atoms with Gasteiger partial charge in [0.2, 0.25) is 11.8 Å². The van der Waals surface area contributed by atoms with Crippen molar-refractivity contribution in [1.29, 1.82) is 0 Å². The van der Waals surface area contributed by atoms with Crippen LogP contribution in [0.4, 0.5) is 15.2 Å². The molecule has 0 saturated carbocycles. The van der Waals surface area contributed by atoms with Crippen LogP contribution in [0.2, 0.25) is 0 Å². The number of nitrogens with one attached hydrogen (secondary N) is 1. The first-order valence-corrected chi connectivity index (χ1v) is 11.5. The number of ether oxygens (including phenoxy) is 1. The summed E-state index contributed by atoms with van der Waals surface area (Å²) in [5, 5.41) is 5.03. The predicted octanol–water partition coefficient (Wildman–Crippen LogP) is 3.45. The Morgan fingerprint density at radius 1 is 1.31 bits per heavy atom. The quantitative estimate of drug-likeness (QED) is 0.611. The van der Waals surface area contributed by atoms with Crippen molar-refractivity contribution >= 4 is 40.0 Å². The fourth-order valence-electron chi connectivity index (χ4n) is 3.62. The lowest BCUT2D eigenvalue weighted by atomic mass is 10.0. The van der Waals surface area contributed by atoms with Crippen LogP contribution in [0.5, 0.6) is 0 Å². The SMILES string of the molecule is CC(=O)N(c1nc(/C=C/C(=O)NCC(C(C)C)N2CCOCC2)cs1)c1ccccc1F. The van der Waals surface area contributed by atoms with E-state index in [1.54, 1.807) is 23.6 Å². The Morgan fingerprint density at radius 3 is 2.69 bits per heavy atom. The van der Waals surface area contributed by atoms with E-state index in [1.807, 2.05) is 0 Å². The van der Waals surface area contributed by atoms with Gasteiger partial charge in [-0.15, -0.1) is 11.3 Å². The van der Waals surface area contributed by atoms with Gasteiger partial charge in [0.05, 0.1) is 24.6 Å². The van der Waals surface area contributed by atoms with Crippen LogP contribution in [0.3, 0.4) is 0 Å². The molecule has 1 N–H and O–H groups in total. The number of carbonyl (C=O) groups is 2. The van der Waals surface area contributed by atoms with Crippen molar-refractivity contribution in [1.82, 2.24) is 15.2 Å². The van der Waals surface area contributed by atoms with Crippen molar-refractivity contribution in [3.8, 4) is 0 Å². The van der Waals surface area contributed by atoms with Crippen LogP contribution in [-0.2, 0) is 14.3 Å². The van der Waals surface area contributed by atoms with Crippen LogP contribution in [0.25, 0.3) is 6.08 Å². The first-order valence-electron chi connectivity index (χ1n) is 10.6. The molecule has 1 saturated heterocycles. The molecule has 2 aromatic rings. The lowest BCUT2D eigenvalue weighted by Gasteiger charge is -2.36. The van der Waals surface area contributed by atoms with E-state index < -0.39 is 5.82 Å². The van der Waals surface area contributed by atoms with Crippen molar-refractivity contribution < 1.29 is 18.7 Å². The minimum absolute atomic E-state index is 0.144. The number of amides is 2. The van der Waals surface area contributed by atoms with Crippen molar-refractivity contribution in [3.63, 3.8) is 0 Å². The number of benzene rings is 1. The molecule has 0 radical (unpaired) electrons. The molecule has 0 aliphatic carbocycles. The average Bonchev–Trinajstić information content (AvgIpc) is 3.22. The summed E-state index contributed by atoms with van der Waals surface area (Å²) >= 11 is 1.21. The molecule has 172 valence electrons. The van der Waals surface area contributed by atoms with Crippen molar-refractivity contribution in [2.45, 2.75) is 26.8 Å². The number of anilines is 2. The van der Waals surface area contributed by atoms with Gasteiger partial charge in [0.1, 0.15) is 5.82 Å². The van der Waals surface area contributed by atoms with E-state index in [4.69, 9.17) is 4.74 Å². The van der Waals surface area contributed by atoms with Crippen LogP contribution < -0.4 is 10.2 Å². The minimum atomic E-state index is -0.505. The van der Waals surface area contributed by atoms with Gasteiger partial charge in [0.15, 0.2) is 5.13 Å². The molecule has 1 unspecified atom stereocenters. The van der Waals surface area contributed by atoms with E-state index >= 15 is 0 Å². The fourth-order valence-corrected chi connectivity index (χ4v) is 4.46. The largest absolute Gasteiger partial charge is 0.379 e. The Bertz CT molecular complexity index is 956. The third-order valence-electron chi connectivity index (χ3n) is 5.28. The highest BCUT2D eigenvalue weighted by Gasteiger charge is 2.24. The molecular weight excluding hydrogens is 431 g/mol. The van der Waals surface area contributed by atoms with Crippen LogP contribution in [0.15, 0.2) is 35.7 Å². The molecule has 1 aromatic heterocycles. The number of rotatable bonds is 8. The Morgan fingerprint density at radius 2 is 2.03 bits per heavy atom. The molecule has 1 atom stereocenters. The molecule has 3 rings (SSSR count). The molecule has 1 aliphatic rings. The Kier molecular flexibility index (Phi) is 8.49. The molecule has 2 amide bonds. The maximum absolute atomic E-state index is 14.2. The summed E-state index contributed by atoms with van der Waals surface area (Å²) in [5.41, 5.74) is 0.668. The summed E-state index contributed by atoms with van der Waals surface area (Å²) in [5.74, 6) is -0.666. The van der Waals surface area contributed by atoms with Crippen molar-refractivity contribution in [2.24, 2.45) is 5.92 Å². The molecule has 0 bridgehead atoms. The molecular formula is C23H29FN4O3S. The van der Waals surface area contributed by atoms with Crippen LogP contribution in [0, 0.1) is 11.7 Å². The van der Waals surface area contributed by atoms with E-state index in [1.165, 1.54) is 41.4 Å². The topological polar surface area (TPSA) is 74.8 Å². The summed E-state index contributed by atoms with van der Waals surface area (Å²) in [7, 11) is 0. The number of morpholine rings is 1. The van der Waals surface area contributed by atoms with Crippen LogP contribution >= 0.6 is 11.3 Å². The third-order valence-corrected chi connectivity index (χ3v) is 6.13. The molecule has 1 aliphatic heterocycles. The summed E-state index contributed by atoms with van der Waals surface area (Å²) in [6.07, 6.45) is 3.02. The second kappa shape index (κ2) is 11.3. The zero-order valence-corrected chi connectivity index (χ0v) is 19.4. The van der Waals surface area contributed by atoms with Gasteiger partial charge in [-0.2, -0.15) is 0 Å². The zero-order valence-electron chi connectivity index (χ0n) is 18.6. The maximum atomic E-state index is 14.2. The number of carbonyl (C=O) groups excluding carboxylic acids is 2. The second-order valence-corrected chi connectivity index (χ2v) is 8.74. The molecule has 32 heavy (non-hydrogen) atoms. The number of thiazole rings is 1. The Hall–Kier alpha value is -2.62. The van der Waals surface area contributed by atoms with Gasteiger partial charge in [-0.1, -0.05) is 26.0 Å². The third kappa shape index (κ3) is 6.21. The number of aromatic nitrogens is 1. The van der Waals surface area contributed by atoms with Gasteiger partial charge in [-0.3, -0.25) is 19.4 Å². The molecule has 7 nitrogen and oxygen atoms in total. The maximum Gasteiger partial charge on any atom is 0.244 e. The molecule has 9 heteroatoms. The number of halogens is 1. The van der Waals surface area contributed by atoms with E-state index in [-0.39, 0.29) is 23.5 Å². The molecule has 1 aromatic carbocycles. The lowest BCUT2D eigenvalue weighted by Crippen LogP contribution is -2.51. The first-order chi connectivity index (χ1) is 15.4. The molecule has 2 heterocycles. The van der Waals surface area contributed by atoms with Gasteiger partial charge in [0, 0.05) is 44.1 Å². The smallest absolute Gasteiger partial charge is 0.244 e. The highest BCUT2D eigenvalue weighted by atomic mass is 32.1. The number of nitrogens with zero attached hydrogens (tertiary/aromatic N) is 3. The minimum Gasteiger partial charge on any atom is -0.379 e.